The largest absolute Gasteiger partial charge is 0.484 e. The number of rotatable bonds is 6. The van der Waals surface area contributed by atoms with Gasteiger partial charge in [0.2, 0.25) is 0 Å². The van der Waals surface area contributed by atoms with Gasteiger partial charge in [-0.1, -0.05) is 0 Å². The van der Waals surface area contributed by atoms with Gasteiger partial charge < -0.3 is 20.3 Å². The van der Waals surface area contributed by atoms with Gasteiger partial charge in [0, 0.05) is 0 Å². The highest BCUT2D eigenvalue weighted by Gasteiger charge is 2.14. The fraction of sp³-hybridized carbons (Fsp3) is 0.250. The molecule has 19 heavy (non-hydrogen) atoms. The van der Waals surface area contributed by atoms with E-state index in [0.717, 1.165) is 0 Å². The third-order valence-corrected chi connectivity index (χ3v) is 2.13. The number of ether oxygens (including phenoxy) is 1. The molecule has 0 unspecified atom stereocenters. The topological polar surface area (TPSA) is 120 Å². The summed E-state index contributed by atoms with van der Waals surface area (Å²) in [6.45, 7) is -0.691. The van der Waals surface area contributed by atoms with Crippen molar-refractivity contribution in [3.8, 4) is 11.8 Å². The number of nitrogens with zero attached hydrogens (tertiary/aromatic N) is 1. The molecule has 0 spiro atoms. The second-order valence-corrected chi connectivity index (χ2v) is 3.58. The summed E-state index contributed by atoms with van der Waals surface area (Å²) in [7, 11) is 0. The highest BCUT2D eigenvalue weighted by Crippen LogP contribution is 2.11. The summed E-state index contributed by atoms with van der Waals surface area (Å²) in [5.41, 5.74) is 0.474. The van der Waals surface area contributed by atoms with Gasteiger partial charge in [-0.05, 0) is 24.3 Å². The third kappa shape index (κ3) is 5.06. The molecular formula is C12H12N2O5. The number of aliphatic hydroxyl groups excluding tert-OH is 1. The van der Waals surface area contributed by atoms with Gasteiger partial charge >= 0.3 is 5.97 Å². The van der Waals surface area contributed by atoms with Gasteiger partial charge in [-0.3, -0.25) is 4.79 Å². The van der Waals surface area contributed by atoms with E-state index >= 15 is 0 Å². The van der Waals surface area contributed by atoms with Crippen LogP contribution in [0.4, 0.5) is 0 Å². The van der Waals surface area contributed by atoms with E-state index in [2.05, 4.69) is 5.32 Å². The molecular weight excluding hydrogens is 252 g/mol. The van der Waals surface area contributed by atoms with Crippen LogP contribution >= 0.6 is 0 Å². The molecule has 0 fully saturated rings. The fourth-order valence-electron chi connectivity index (χ4n) is 1.12. The number of hydrogen-bond acceptors (Lipinski definition) is 5. The van der Waals surface area contributed by atoms with Crippen LogP contribution in [0.15, 0.2) is 24.3 Å². The van der Waals surface area contributed by atoms with Crippen LogP contribution in [-0.2, 0) is 9.59 Å². The predicted molar refractivity (Wildman–Crippen MR) is 63.3 cm³/mol. The summed E-state index contributed by atoms with van der Waals surface area (Å²) < 4.78 is 5.11. The summed E-state index contributed by atoms with van der Waals surface area (Å²) in [5, 5.41) is 28.1. The maximum absolute atomic E-state index is 11.3. The van der Waals surface area contributed by atoms with Gasteiger partial charge in [0.1, 0.15) is 5.75 Å². The zero-order valence-electron chi connectivity index (χ0n) is 9.87. The van der Waals surface area contributed by atoms with Crippen molar-refractivity contribution >= 4 is 11.9 Å². The first-order valence-electron chi connectivity index (χ1n) is 5.33. The molecule has 0 aliphatic carbocycles. The standard InChI is InChI=1S/C12H12N2O5/c13-5-8-1-3-9(4-2-8)19-7-11(16)14-6-10(15)12(17)18/h1-4,10,15H,6-7H2,(H,14,16)(H,17,18)/t10-/m0/s1. The maximum Gasteiger partial charge on any atom is 0.334 e. The highest BCUT2D eigenvalue weighted by molar-refractivity contribution is 5.79. The Labute approximate surface area is 109 Å². The first-order valence-corrected chi connectivity index (χ1v) is 5.33. The molecule has 0 aliphatic rings. The normalized spacial score (nSPS) is 11.2. The summed E-state index contributed by atoms with van der Waals surface area (Å²) in [6, 6.07) is 8.11. The molecule has 3 N–H and O–H groups in total. The Hall–Kier alpha value is -2.59. The van der Waals surface area contributed by atoms with Gasteiger partial charge in [-0.15, -0.1) is 0 Å². The molecule has 0 aliphatic heterocycles. The maximum atomic E-state index is 11.3. The third-order valence-electron chi connectivity index (χ3n) is 2.13. The second kappa shape index (κ2) is 6.98. The lowest BCUT2D eigenvalue weighted by Crippen LogP contribution is -2.38. The van der Waals surface area contributed by atoms with Crippen LogP contribution in [0, 0.1) is 11.3 Å². The fourth-order valence-corrected chi connectivity index (χ4v) is 1.12. The molecule has 0 radical (unpaired) electrons. The quantitative estimate of drug-likeness (QED) is 0.637. The molecule has 0 aromatic heterocycles. The van der Waals surface area contributed by atoms with Gasteiger partial charge in [0.15, 0.2) is 12.7 Å². The van der Waals surface area contributed by atoms with Crippen LogP contribution in [-0.4, -0.2) is 41.3 Å². The molecule has 0 saturated carbocycles. The van der Waals surface area contributed by atoms with Gasteiger partial charge in [-0.2, -0.15) is 5.26 Å². The highest BCUT2D eigenvalue weighted by atomic mass is 16.5. The minimum absolute atomic E-state index is 0.307. The number of carboxylic acid groups (broad SMARTS) is 1. The zero-order valence-corrected chi connectivity index (χ0v) is 9.87. The van der Waals surface area contributed by atoms with E-state index in [1.807, 2.05) is 6.07 Å². The molecule has 0 saturated heterocycles. The van der Waals surface area contributed by atoms with Crippen LogP contribution < -0.4 is 10.1 Å². The van der Waals surface area contributed by atoms with E-state index in [1.54, 1.807) is 12.1 Å². The minimum atomic E-state index is -1.64. The Morgan fingerprint density at radius 1 is 1.37 bits per heavy atom. The van der Waals surface area contributed by atoms with Crippen molar-refractivity contribution in [1.82, 2.24) is 5.32 Å². The Morgan fingerprint density at radius 3 is 2.53 bits per heavy atom. The van der Waals surface area contributed by atoms with E-state index in [1.165, 1.54) is 12.1 Å². The van der Waals surface area contributed by atoms with Crippen LogP contribution in [0.25, 0.3) is 0 Å². The molecule has 1 aromatic carbocycles. The van der Waals surface area contributed by atoms with Crippen LogP contribution in [0.1, 0.15) is 5.56 Å². The SMILES string of the molecule is N#Cc1ccc(OCC(=O)NC[C@H](O)C(=O)O)cc1. The molecule has 1 rings (SSSR count). The van der Waals surface area contributed by atoms with Crippen molar-refractivity contribution in [1.29, 1.82) is 5.26 Å². The molecule has 0 bridgehead atoms. The van der Waals surface area contributed by atoms with Crippen molar-refractivity contribution < 1.29 is 24.5 Å². The minimum Gasteiger partial charge on any atom is -0.484 e. The molecule has 1 amide bonds. The van der Waals surface area contributed by atoms with Crippen molar-refractivity contribution in [2.24, 2.45) is 0 Å². The summed E-state index contributed by atoms with van der Waals surface area (Å²) in [6.07, 6.45) is -1.64. The van der Waals surface area contributed by atoms with E-state index in [4.69, 9.17) is 20.2 Å². The van der Waals surface area contributed by atoms with Crippen LogP contribution in [0.3, 0.4) is 0 Å². The van der Waals surface area contributed by atoms with Crippen LogP contribution in [0.2, 0.25) is 0 Å². The predicted octanol–water partition coefficient (Wildman–Crippen LogP) is -0.501. The number of nitrogens with one attached hydrogen (secondary N) is 1. The lowest BCUT2D eigenvalue weighted by Gasteiger charge is -2.09. The molecule has 7 heteroatoms. The number of nitriles is 1. The Balaban J connectivity index is 2.33. The summed E-state index contributed by atoms with van der Waals surface area (Å²) in [5.74, 6) is -1.55. The second-order valence-electron chi connectivity index (χ2n) is 3.58. The summed E-state index contributed by atoms with van der Waals surface area (Å²) >= 11 is 0. The molecule has 7 nitrogen and oxygen atoms in total. The number of hydrogen-bond donors (Lipinski definition) is 3. The van der Waals surface area contributed by atoms with E-state index in [0.29, 0.717) is 11.3 Å². The van der Waals surface area contributed by atoms with Crippen LogP contribution in [0.5, 0.6) is 5.75 Å². The number of aliphatic hydroxyl groups is 1. The average molecular weight is 264 g/mol. The Morgan fingerprint density at radius 2 is 2.00 bits per heavy atom. The summed E-state index contributed by atoms with van der Waals surface area (Å²) in [4.78, 5) is 21.6. The zero-order chi connectivity index (χ0) is 14.3. The van der Waals surface area contributed by atoms with Gasteiger partial charge in [0.05, 0.1) is 18.2 Å². The first kappa shape index (κ1) is 14.5. The monoisotopic (exact) mass is 264 g/mol. The molecule has 0 heterocycles. The van der Waals surface area contributed by atoms with E-state index < -0.39 is 18.0 Å². The molecule has 1 aromatic rings. The molecule has 100 valence electrons. The van der Waals surface area contributed by atoms with Crippen molar-refractivity contribution in [2.75, 3.05) is 13.2 Å². The average Bonchev–Trinajstić information content (AvgIpc) is 2.42. The number of aliphatic carboxylic acids is 1. The first-order chi connectivity index (χ1) is 9.02. The van der Waals surface area contributed by atoms with Crippen molar-refractivity contribution in [2.45, 2.75) is 6.10 Å². The smallest absolute Gasteiger partial charge is 0.334 e. The van der Waals surface area contributed by atoms with Gasteiger partial charge in [-0.25, -0.2) is 4.79 Å². The number of carboxylic acids is 1. The lowest BCUT2D eigenvalue weighted by molar-refractivity contribution is -0.146. The van der Waals surface area contributed by atoms with Crippen molar-refractivity contribution in [3.05, 3.63) is 29.8 Å². The number of carbonyl (C=O) groups is 2. The van der Waals surface area contributed by atoms with Gasteiger partial charge in [0.25, 0.3) is 5.91 Å². The number of carbonyl (C=O) groups excluding carboxylic acids is 1. The number of benzene rings is 1. The lowest BCUT2D eigenvalue weighted by atomic mass is 10.2. The number of amides is 1. The Bertz CT molecular complexity index is 492. The van der Waals surface area contributed by atoms with Crippen molar-refractivity contribution in [3.63, 3.8) is 0 Å². The van der Waals surface area contributed by atoms with E-state index in [-0.39, 0.29) is 13.2 Å². The van der Waals surface area contributed by atoms with E-state index in [9.17, 15) is 9.59 Å². The Kier molecular flexibility index (Phi) is 5.32. The molecule has 1 atom stereocenters.